The van der Waals surface area contributed by atoms with Crippen molar-refractivity contribution in [1.29, 1.82) is 0 Å². The van der Waals surface area contributed by atoms with Gasteiger partial charge in [-0.25, -0.2) is 0 Å². The fraction of sp³-hybridized carbons (Fsp3) is 0.750. The van der Waals surface area contributed by atoms with Gasteiger partial charge in [0.05, 0.1) is 35.2 Å². The first-order valence-electron chi connectivity index (χ1n) is 11.0. The molecule has 0 aromatic carbocycles. The molecule has 0 fully saturated rings. The largest absolute Gasteiger partial charge is 1.00 e. The summed E-state index contributed by atoms with van der Waals surface area (Å²) in [6.07, 6.45) is -0.983. The second kappa shape index (κ2) is 18.9. The van der Waals surface area contributed by atoms with Crippen LogP contribution in [0.2, 0.25) is 0 Å². The molecule has 0 bridgehead atoms. The molecule has 0 radical (unpaired) electrons. The average molecular weight is 551 g/mol. The zero-order valence-electron chi connectivity index (χ0n) is 25.2. The molecule has 0 saturated heterocycles. The molecular weight excluding hydrogens is 502 g/mol. The van der Waals surface area contributed by atoms with Crippen LogP contribution in [0.25, 0.3) is 0 Å². The van der Waals surface area contributed by atoms with Crippen molar-refractivity contribution in [1.82, 2.24) is 5.32 Å². The zero-order valence-corrected chi connectivity index (χ0v) is 29.2. The number of hydrogen-bond acceptors (Lipinski definition) is 7. The smallest absolute Gasteiger partial charge is 0.550 e. The molecule has 0 rings (SSSR count). The van der Waals surface area contributed by atoms with Crippen LogP contribution in [-0.2, 0) is 19.2 Å². The van der Waals surface area contributed by atoms with Crippen molar-refractivity contribution >= 4 is 23.8 Å². The van der Waals surface area contributed by atoms with Crippen molar-refractivity contribution < 1.29 is 103 Å². The number of rotatable bonds is 15. The van der Waals surface area contributed by atoms with E-state index in [9.17, 15) is 34.5 Å². The van der Waals surface area contributed by atoms with E-state index in [1.807, 2.05) is 35.2 Å². The van der Waals surface area contributed by atoms with Gasteiger partial charge in [0.15, 0.2) is 12.8 Å². The SMILES string of the molecule is CCC(C(N)=O)C(C(=O)[O-])C(CC(C)(C)C(=O)NC[N+](C)(C)CC(O)C[N+](C)(C)C)C(=O)[O-].[CH3-].[CH3-].[Na+].[Na+]. The number of carbonyl (C=O) groups excluding carboxylic acids is 4. The van der Waals surface area contributed by atoms with E-state index < -0.39 is 53.0 Å². The number of likely N-dealkylation sites (N-methyl/N-ethyl adjacent to an activating group) is 2. The Morgan fingerprint density at radius 2 is 1.38 bits per heavy atom. The fourth-order valence-corrected chi connectivity index (χ4v) is 4.09. The van der Waals surface area contributed by atoms with Crippen molar-refractivity contribution in [3.63, 3.8) is 0 Å². The van der Waals surface area contributed by atoms with E-state index in [4.69, 9.17) is 5.73 Å². The maximum absolute atomic E-state index is 12.9. The molecule has 0 saturated carbocycles. The van der Waals surface area contributed by atoms with Gasteiger partial charge in [0.1, 0.15) is 13.1 Å². The summed E-state index contributed by atoms with van der Waals surface area (Å²) in [6.45, 7) is 5.56. The van der Waals surface area contributed by atoms with E-state index in [0.717, 1.165) is 0 Å². The average Bonchev–Trinajstić information content (AvgIpc) is 2.59. The van der Waals surface area contributed by atoms with Crippen LogP contribution >= 0.6 is 0 Å². The molecule has 2 amide bonds. The number of nitrogens with one attached hydrogen (secondary N) is 1. The minimum atomic E-state index is -1.73. The van der Waals surface area contributed by atoms with Crippen LogP contribution in [-0.4, -0.2) is 98.9 Å². The molecule has 0 heterocycles. The normalized spacial score (nSPS) is 14.6. The minimum Gasteiger partial charge on any atom is -0.550 e. The number of primary amides is 1. The van der Waals surface area contributed by atoms with Gasteiger partial charge >= 0.3 is 59.1 Å². The summed E-state index contributed by atoms with van der Waals surface area (Å²) < 4.78 is 0.850. The predicted octanol–water partition coefficient (Wildman–Crippen LogP) is -8.23. The van der Waals surface area contributed by atoms with E-state index in [0.29, 0.717) is 17.6 Å². The van der Waals surface area contributed by atoms with E-state index in [-0.39, 0.29) is 98.0 Å². The number of aliphatic carboxylic acids is 2. The summed E-state index contributed by atoms with van der Waals surface area (Å²) in [4.78, 5) is 48.1. The Morgan fingerprint density at radius 1 is 0.919 bits per heavy atom. The number of quaternary nitrogens is 2. The molecule has 0 aliphatic rings. The Bertz CT molecular complexity index is 728. The van der Waals surface area contributed by atoms with Crippen LogP contribution in [0.1, 0.15) is 33.6 Å². The molecule has 11 nitrogen and oxygen atoms in total. The molecule has 208 valence electrons. The Morgan fingerprint density at radius 3 is 1.70 bits per heavy atom. The van der Waals surface area contributed by atoms with Crippen LogP contribution in [0, 0.1) is 38.0 Å². The van der Waals surface area contributed by atoms with Gasteiger partial charge in [-0.3, -0.25) is 9.59 Å². The molecule has 37 heavy (non-hydrogen) atoms. The Hall–Kier alpha value is -0.240. The Kier molecular flexibility index (Phi) is 23.9. The molecule has 4 atom stereocenters. The van der Waals surface area contributed by atoms with E-state index in [1.165, 1.54) is 20.8 Å². The fourth-order valence-electron chi connectivity index (χ4n) is 4.09. The van der Waals surface area contributed by atoms with Gasteiger partial charge < -0.3 is 59.8 Å². The summed E-state index contributed by atoms with van der Waals surface area (Å²) in [5.41, 5.74) is 3.98. The number of nitrogens with zero attached hydrogens (tertiary/aromatic N) is 2. The van der Waals surface area contributed by atoms with Gasteiger partial charge in [-0.2, -0.15) is 0 Å². The van der Waals surface area contributed by atoms with Crippen molar-refractivity contribution in [2.75, 3.05) is 55.0 Å². The Labute approximate surface area is 268 Å². The molecule has 0 aliphatic carbocycles. The molecule has 4 unspecified atom stereocenters. The van der Waals surface area contributed by atoms with Crippen LogP contribution < -0.4 is 80.4 Å². The second-order valence-corrected chi connectivity index (χ2v) is 11.2. The first-order chi connectivity index (χ1) is 14.7. The number of carboxylic acid groups (broad SMARTS) is 2. The maximum Gasteiger partial charge on any atom is 1.00 e. The quantitative estimate of drug-likeness (QED) is 0.0786. The van der Waals surface area contributed by atoms with Crippen LogP contribution in [0.15, 0.2) is 0 Å². The van der Waals surface area contributed by atoms with Gasteiger partial charge in [-0.15, -0.1) is 0 Å². The predicted molar refractivity (Wildman–Crippen MR) is 130 cm³/mol. The third kappa shape index (κ3) is 17.1. The molecular formula is C24H48N4Na2O7. The topological polar surface area (TPSA) is 173 Å². The van der Waals surface area contributed by atoms with Gasteiger partial charge in [-0.1, -0.05) is 20.8 Å². The summed E-state index contributed by atoms with van der Waals surface area (Å²) in [7, 11) is 9.55. The number of amides is 2. The van der Waals surface area contributed by atoms with Crippen LogP contribution in [0.4, 0.5) is 0 Å². The van der Waals surface area contributed by atoms with Crippen molar-refractivity contribution in [3.05, 3.63) is 14.9 Å². The second-order valence-electron chi connectivity index (χ2n) is 11.2. The monoisotopic (exact) mass is 550 g/mol. The number of carbonyl (C=O) groups is 4. The van der Waals surface area contributed by atoms with Gasteiger partial charge in [0, 0.05) is 35.1 Å². The minimum absolute atomic E-state index is 0. The number of aliphatic hydroxyl groups is 1. The van der Waals surface area contributed by atoms with Crippen molar-refractivity contribution in [2.24, 2.45) is 28.9 Å². The van der Waals surface area contributed by atoms with Crippen molar-refractivity contribution in [3.8, 4) is 0 Å². The number of hydrogen-bond donors (Lipinski definition) is 3. The van der Waals surface area contributed by atoms with Gasteiger partial charge in [0.25, 0.3) is 0 Å². The van der Waals surface area contributed by atoms with Crippen LogP contribution in [0.5, 0.6) is 0 Å². The summed E-state index contributed by atoms with van der Waals surface area (Å²) in [5.74, 6) is -9.50. The molecule has 0 aliphatic heterocycles. The number of carboxylic acids is 2. The van der Waals surface area contributed by atoms with E-state index in [2.05, 4.69) is 5.32 Å². The first-order valence-corrected chi connectivity index (χ1v) is 11.0. The maximum atomic E-state index is 12.9. The molecule has 0 spiro atoms. The van der Waals surface area contributed by atoms with E-state index in [1.54, 1.807) is 0 Å². The summed E-state index contributed by atoms with van der Waals surface area (Å²) in [6, 6.07) is 0. The summed E-state index contributed by atoms with van der Waals surface area (Å²) >= 11 is 0. The first kappa shape index (κ1) is 46.6. The molecule has 0 aromatic rings. The zero-order chi connectivity index (χ0) is 26.4. The Balaban J connectivity index is -0.000000853. The molecule has 4 N–H and O–H groups in total. The number of aliphatic hydroxyl groups excluding tert-OH is 1. The standard InChI is InChI=1S/C22H42N4O7.2CH3.2Na/c1-9-15(18(23)28)17(20(31)32)16(19(29)30)10-22(2,3)21(33)24-13-26(7,8)12-14(27)11-25(4,5)6;;;;/h14-17,27H,9-13H2,1-8H3,(H3-2,23,24,28,29,30,31,32,33);2*1H3;;/q;2*-1;2*+1. The van der Waals surface area contributed by atoms with E-state index >= 15 is 0 Å². The molecule has 0 aromatic heterocycles. The molecule has 13 heteroatoms. The third-order valence-corrected chi connectivity index (χ3v) is 5.72. The number of nitrogens with two attached hydrogens (primary N) is 1. The van der Waals surface area contributed by atoms with Crippen LogP contribution in [0.3, 0.4) is 0 Å². The van der Waals surface area contributed by atoms with Crippen molar-refractivity contribution in [2.45, 2.75) is 39.7 Å². The van der Waals surface area contributed by atoms with Gasteiger partial charge in [-0.05, 0) is 12.8 Å². The van der Waals surface area contributed by atoms with Gasteiger partial charge in [0.2, 0.25) is 11.8 Å². The third-order valence-electron chi connectivity index (χ3n) is 5.72. The summed E-state index contributed by atoms with van der Waals surface area (Å²) in [5, 5.41) is 36.7.